The maximum absolute atomic E-state index is 12.8. The van der Waals surface area contributed by atoms with Gasteiger partial charge in [0.15, 0.2) is 0 Å². The summed E-state index contributed by atoms with van der Waals surface area (Å²) in [5, 5.41) is 8.74. The molecule has 0 fully saturated rings. The summed E-state index contributed by atoms with van der Waals surface area (Å²) in [4.78, 5) is 10.7. The zero-order valence-electron chi connectivity index (χ0n) is 6.67. The van der Waals surface area contributed by atoms with Crippen LogP contribution in [0.4, 0.5) is 4.39 Å². The van der Waals surface area contributed by atoms with E-state index < -0.39 is 11.8 Å². The van der Waals surface area contributed by atoms with Gasteiger partial charge < -0.3 is 9.84 Å². The van der Waals surface area contributed by atoms with Crippen molar-refractivity contribution in [1.29, 1.82) is 0 Å². The first-order valence-corrected chi connectivity index (χ1v) is 4.12. The van der Waals surface area contributed by atoms with Crippen molar-refractivity contribution in [1.82, 2.24) is 0 Å². The van der Waals surface area contributed by atoms with Gasteiger partial charge >= 0.3 is 5.97 Å². The van der Waals surface area contributed by atoms with Crippen LogP contribution in [0.15, 0.2) is 16.6 Å². The molecule has 0 heterocycles. The molecule has 0 atom stereocenters. The molecule has 1 aromatic carbocycles. The molecule has 5 heteroatoms. The van der Waals surface area contributed by atoms with Gasteiger partial charge in [-0.3, -0.25) is 0 Å². The minimum atomic E-state index is -1.16. The Bertz CT molecular complexity index is 351. The van der Waals surface area contributed by atoms with Crippen molar-refractivity contribution < 1.29 is 19.0 Å². The molecule has 1 N–H and O–H groups in total. The van der Waals surface area contributed by atoms with Gasteiger partial charge in [-0.2, -0.15) is 0 Å². The monoisotopic (exact) mass is 248 g/mol. The molecule has 0 aromatic heterocycles. The topological polar surface area (TPSA) is 46.5 Å². The Morgan fingerprint density at radius 1 is 1.62 bits per heavy atom. The molecule has 0 radical (unpaired) electrons. The van der Waals surface area contributed by atoms with E-state index in [1.165, 1.54) is 7.11 Å². The van der Waals surface area contributed by atoms with Crippen molar-refractivity contribution in [2.24, 2.45) is 0 Å². The summed E-state index contributed by atoms with van der Waals surface area (Å²) in [7, 11) is 1.29. The second-order valence-electron chi connectivity index (χ2n) is 2.27. The van der Waals surface area contributed by atoms with Crippen LogP contribution >= 0.6 is 15.9 Å². The smallest absolute Gasteiger partial charge is 0.340 e. The standard InChI is InChI=1S/C8H6BrFO3/c1-13-6-3-4(10)2-5(9)7(6)8(11)12/h2-3H,1H3,(H,11,12). The number of halogens is 2. The Kier molecular flexibility index (Phi) is 2.87. The summed E-state index contributed by atoms with van der Waals surface area (Å²) < 4.78 is 17.6. The lowest BCUT2D eigenvalue weighted by Gasteiger charge is -2.06. The summed E-state index contributed by atoms with van der Waals surface area (Å²) in [5.74, 6) is -1.71. The molecule has 0 amide bonds. The SMILES string of the molecule is COc1cc(F)cc(Br)c1C(=O)O. The molecule has 0 aliphatic heterocycles. The molecule has 0 bridgehead atoms. The fourth-order valence-corrected chi connectivity index (χ4v) is 1.50. The number of benzene rings is 1. The number of hydrogen-bond donors (Lipinski definition) is 1. The van der Waals surface area contributed by atoms with Gasteiger partial charge in [0, 0.05) is 10.5 Å². The number of ether oxygens (including phenoxy) is 1. The number of hydrogen-bond acceptors (Lipinski definition) is 2. The van der Waals surface area contributed by atoms with E-state index in [0.717, 1.165) is 12.1 Å². The van der Waals surface area contributed by atoms with Crippen LogP contribution in [0.1, 0.15) is 10.4 Å². The number of carbonyl (C=O) groups is 1. The van der Waals surface area contributed by atoms with Crippen LogP contribution in [0, 0.1) is 5.82 Å². The maximum Gasteiger partial charge on any atom is 0.340 e. The Labute approximate surface area is 82.3 Å². The van der Waals surface area contributed by atoms with E-state index in [9.17, 15) is 9.18 Å². The summed E-state index contributed by atoms with van der Waals surface area (Å²) in [6, 6.07) is 2.10. The lowest BCUT2D eigenvalue weighted by Crippen LogP contribution is -2.02. The highest BCUT2D eigenvalue weighted by molar-refractivity contribution is 9.10. The highest BCUT2D eigenvalue weighted by Gasteiger charge is 2.16. The van der Waals surface area contributed by atoms with Gasteiger partial charge in [0.05, 0.1) is 7.11 Å². The largest absolute Gasteiger partial charge is 0.496 e. The quantitative estimate of drug-likeness (QED) is 0.874. The average Bonchev–Trinajstić information content (AvgIpc) is 2.01. The number of methoxy groups -OCH3 is 1. The van der Waals surface area contributed by atoms with Gasteiger partial charge in [-0.1, -0.05) is 0 Å². The third kappa shape index (κ3) is 1.98. The molecule has 0 spiro atoms. The van der Waals surface area contributed by atoms with Crippen LogP contribution in [-0.4, -0.2) is 18.2 Å². The summed E-state index contributed by atoms with van der Waals surface area (Å²) in [5.41, 5.74) is -0.0797. The maximum atomic E-state index is 12.8. The van der Waals surface area contributed by atoms with E-state index in [2.05, 4.69) is 15.9 Å². The van der Waals surface area contributed by atoms with Crippen molar-refractivity contribution in [3.8, 4) is 5.75 Å². The summed E-state index contributed by atoms with van der Waals surface area (Å²) in [6.45, 7) is 0. The van der Waals surface area contributed by atoms with Crippen molar-refractivity contribution in [2.45, 2.75) is 0 Å². The third-order valence-corrected chi connectivity index (χ3v) is 2.08. The first kappa shape index (κ1) is 9.98. The molecule has 13 heavy (non-hydrogen) atoms. The van der Waals surface area contributed by atoms with Crippen LogP contribution in [0.2, 0.25) is 0 Å². The number of carboxylic acid groups (broad SMARTS) is 1. The lowest BCUT2D eigenvalue weighted by molar-refractivity contribution is 0.0692. The predicted molar refractivity (Wildman–Crippen MR) is 47.6 cm³/mol. The third-order valence-electron chi connectivity index (χ3n) is 1.45. The molecule has 0 saturated heterocycles. The van der Waals surface area contributed by atoms with Crippen LogP contribution in [0.5, 0.6) is 5.75 Å². The molecule has 0 saturated carbocycles. The molecule has 1 rings (SSSR count). The van der Waals surface area contributed by atoms with Crippen molar-refractivity contribution in [2.75, 3.05) is 7.11 Å². The first-order chi connectivity index (χ1) is 6.06. The van der Waals surface area contributed by atoms with Crippen LogP contribution < -0.4 is 4.74 Å². The predicted octanol–water partition coefficient (Wildman–Crippen LogP) is 2.29. The van der Waals surface area contributed by atoms with E-state index in [4.69, 9.17) is 9.84 Å². The zero-order valence-corrected chi connectivity index (χ0v) is 8.26. The van der Waals surface area contributed by atoms with E-state index in [-0.39, 0.29) is 15.8 Å². The Morgan fingerprint density at radius 3 is 2.69 bits per heavy atom. The molecule has 0 aliphatic rings. The number of aromatic carboxylic acids is 1. The molecular formula is C8H6BrFO3. The minimum Gasteiger partial charge on any atom is -0.496 e. The fourth-order valence-electron chi connectivity index (χ4n) is 0.919. The summed E-state index contributed by atoms with van der Waals surface area (Å²) >= 11 is 2.94. The first-order valence-electron chi connectivity index (χ1n) is 3.32. The molecule has 0 aliphatic carbocycles. The van der Waals surface area contributed by atoms with Gasteiger partial charge in [0.25, 0.3) is 0 Å². The Balaban J connectivity index is 3.38. The fraction of sp³-hybridized carbons (Fsp3) is 0.125. The molecule has 3 nitrogen and oxygen atoms in total. The highest BCUT2D eigenvalue weighted by atomic mass is 79.9. The highest BCUT2D eigenvalue weighted by Crippen LogP contribution is 2.28. The van der Waals surface area contributed by atoms with Crippen LogP contribution in [-0.2, 0) is 0 Å². The van der Waals surface area contributed by atoms with Gasteiger partial charge in [0.2, 0.25) is 0 Å². The van der Waals surface area contributed by atoms with Crippen LogP contribution in [0.25, 0.3) is 0 Å². The van der Waals surface area contributed by atoms with E-state index in [1.807, 2.05) is 0 Å². The molecule has 0 unspecified atom stereocenters. The average molecular weight is 249 g/mol. The van der Waals surface area contributed by atoms with Gasteiger partial charge in [0.1, 0.15) is 17.1 Å². The van der Waals surface area contributed by atoms with Crippen molar-refractivity contribution >= 4 is 21.9 Å². The number of rotatable bonds is 2. The Morgan fingerprint density at radius 2 is 2.23 bits per heavy atom. The molecule has 1 aromatic rings. The van der Waals surface area contributed by atoms with Crippen molar-refractivity contribution in [3.63, 3.8) is 0 Å². The van der Waals surface area contributed by atoms with E-state index >= 15 is 0 Å². The second kappa shape index (κ2) is 3.74. The number of carboxylic acids is 1. The van der Waals surface area contributed by atoms with Gasteiger partial charge in [-0.05, 0) is 22.0 Å². The zero-order chi connectivity index (χ0) is 10.0. The molecule has 70 valence electrons. The summed E-state index contributed by atoms with van der Waals surface area (Å²) in [6.07, 6.45) is 0. The normalized spacial score (nSPS) is 9.77. The van der Waals surface area contributed by atoms with Gasteiger partial charge in [-0.15, -0.1) is 0 Å². The Hall–Kier alpha value is -1.10. The van der Waals surface area contributed by atoms with Crippen molar-refractivity contribution in [3.05, 3.63) is 28.0 Å². The molecular weight excluding hydrogens is 243 g/mol. The van der Waals surface area contributed by atoms with Gasteiger partial charge in [-0.25, -0.2) is 9.18 Å². The minimum absolute atomic E-state index is 0.000579. The van der Waals surface area contributed by atoms with Crippen LogP contribution in [0.3, 0.4) is 0 Å². The lowest BCUT2D eigenvalue weighted by atomic mass is 10.2. The van der Waals surface area contributed by atoms with E-state index in [0.29, 0.717) is 0 Å². The second-order valence-corrected chi connectivity index (χ2v) is 3.12. The van der Waals surface area contributed by atoms with E-state index in [1.54, 1.807) is 0 Å².